The van der Waals surface area contributed by atoms with Gasteiger partial charge in [0.25, 0.3) is 11.8 Å². The molecule has 3 aromatic rings. The molecule has 7 nitrogen and oxygen atoms in total. The molecule has 2 amide bonds. The molecule has 2 aromatic carbocycles. The smallest absolute Gasteiger partial charge is 0.255 e. The van der Waals surface area contributed by atoms with Gasteiger partial charge in [-0.1, -0.05) is 6.07 Å². The molecule has 0 bridgehead atoms. The first kappa shape index (κ1) is 21.4. The van der Waals surface area contributed by atoms with Crippen molar-refractivity contribution in [2.75, 3.05) is 25.1 Å². The second kappa shape index (κ2) is 9.93. The van der Waals surface area contributed by atoms with Crippen LogP contribution in [0.1, 0.15) is 45.4 Å². The summed E-state index contributed by atoms with van der Waals surface area (Å²) in [5.74, 6) is -0.458. The first-order valence-corrected chi connectivity index (χ1v) is 10.0. The highest BCUT2D eigenvalue weighted by Crippen LogP contribution is 2.17. The Morgan fingerprint density at radius 1 is 0.933 bits per heavy atom. The maximum Gasteiger partial charge on any atom is 0.255 e. The van der Waals surface area contributed by atoms with Crippen molar-refractivity contribution in [3.8, 4) is 0 Å². The molecular weight excluding hydrogens is 380 g/mol. The van der Waals surface area contributed by atoms with Gasteiger partial charge in [-0.05, 0) is 63.6 Å². The Labute approximate surface area is 175 Å². The summed E-state index contributed by atoms with van der Waals surface area (Å²) in [6.45, 7) is 7.55. The minimum atomic E-state index is -0.272. The molecule has 0 saturated heterocycles. The summed E-state index contributed by atoms with van der Waals surface area (Å²) in [5.41, 5.74) is 4.63. The Morgan fingerprint density at radius 2 is 1.67 bits per heavy atom. The van der Waals surface area contributed by atoms with Crippen LogP contribution in [-0.2, 0) is 4.74 Å². The molecule has 0 saturated carbocycles. The van der Waals surface area contributed by atoms with Gasteiger partial charge in [-0.2, -0.15) is 0 Å². The second-order valence-corrected chi connectivity index (χ2v) is 6.94. The van der Waals surface area contributed by atoms with Crippen molar-refractivity contribution in [1.29, 1.82) is 0 Å². The molecule has 0 aliphatic heterocycles. The maximum atomic E-state index is 12.7. The number of carbonyl (C=O) groups is 2. The number of carbonyl (C=O) groups excluding carboxylic acids is 2. The minimum Gasteiger partial charge on any atom is -0.382 e. The van der Waals surface area contributed by atoms with E-state index in [1.165, 1.54) is 0 Å². The van der Waals surface area contributed by atoms with Crippen molar-refractivity contribution in [3.63, 3.8) is 0 Å². The lowest BCUT2D eigenvalue weighted by Crippen LogP contribution is -2.25. The molecule has 1 heterocycles. The Morgan fingerprint density at radius 3 is 2.43 bits per heavy atom. The van der Waals surface area contributed by atoms with Crippen LogP contribution in [0, 0.1) is 13.8 Å². The monoisotopic (exact) mass is 406 g/mol. The normalized spacial score (nSPS) is 10.8. The predicted octanol–water partition coefficient (Wildman–Crippen LogP) is 3.66. The van der Waals surface area contributed by atoms with Gasteiger partial charge in [-0.25, -0.2) is 9.97 Å². The van der Waals surface area contributed by atoms with E-state index >= 15 is 0 Å². The fraction of sp³-hybridized carbons (Fsp3) is 0.304. The van der Waals surface area contributed by atoms with Crippen molar-refractivity contribution in [3.05, 3.63) is 65.0 Å². The predicted molar refractivity (Wildman–Crippen MR) is 117 cm³/mol. The van der Waals surface area contributed by atoms with Crippen LogP contribution in [0.4, 0.5) is 5.69 Å². The molecule has 0 fully saturated rings. The van der Waals surface area contributed by atoms with E-state index in [4.69, 9.17) is 4.74 Å². The molecule has 7 heteroatoms. The van der Waals surface area contributed by atoms with Gasteiger partial charge in [0, 0.05) is 36.6 Å². The molecule has 156 valence electrons. The van der Waals surface area contributed by atoms with Crippen molar-refractivity contribution in [2.45, 2.75) is 27.2 Å². The zero-order valence-electron chi connectivity index (χ0n) is 17.5. The van der Waals surface area contributed by atoms with E-state index in [0.29, 0.717) is 42.1 Å². The van der Waals surface area contributed by atoms with Gasteiger partial charge in [-0.15, -0.1) is 0 Å². The Hall–Kier alpha value is -3.32. The summed E-state index contributed by atoms with van der Waals surface area (Å²) in [5, 5.41) is 5.69. The molecule has 30 heavy (non-hydrogen) atoms. The van der Waals surface area contributed by atoms with Gasteiger partial charge in [0.1, 0.15) is 0 Å². The van der Waals surface area contributed by atoms with E-state index in [9.17, 15) is 9.59 Å². The van der Waals surface area contributed by atoms with Gasteiger partial charge in [0.15, 0.2) is 0 Å². The molecule has 0 atom stereocenters. The quantitative estimate of drug-likeness (QED) is 0.557. The molecule has 3 rings (SSSR count). The number of fused-ring (bicyclic) bond motifs is 1. The average Bonchev–Trinajstić information content (AvgIpc) is 2.74. The summed E-state index contributed by atoms with van der Waals surface area (Å²) >= 11 is 0. The highest BCUT2D eigenvalue weighted by Gasteiger charge is 2.11. The Bertz CT molecular complexity index is 1070. The zero-order chi connectivity index (χ0) is 21.5. The standard InChI is InChI=1S/C23H26N4O3/c1-4-30-12-6-11-24-22(28)17-7-5-8-19(13-17)27-23(29)18-9-10-20-21(14-18)26-16(3)15(2)25-20/h5,7-10,13-14H,4,6,11-12H2,1-3H3,(H,24,28)(H,27,29). The number of aryl methyl sites for hydroxylation is 2. The molecule has 0 spiro atoms. The van der Waals surface area contributed by atoms with Gasteiger partial charge in [0.2, 0.25) is 0 Å². The van der Waals surface area contributed by atoms with Crippen LogP contribution in [-0.4, -0.2) is 41.5 Å². The number of hydrogen-bond acceptors (Lipinski definition) is 5. The van der Waals surface area contributed by atoms with Crippen molar-refractivity contribution in [2.24, 2.45) is 0 Å². The molecule has 1 aromatic heterocycles. The van der Waals surface area contributed by atoms with Crippen molar-refractivity contribution < 1.29 is 14.3 Å². The highest BCUT2D eigenvalue weighted by atomic mass is 16.5. The molecule has 0 unspecified atom stereocenters. The third-order valence-electron chi connectivity index (χ3n) is 4.68. The minimum absolute atomic E-state index is 0.186. The number of nitrogens with zero attached hydrogens (tertiary/aromatic N) is 2. The van der Waals surface area contributed by atoms with Crippen LogP contribution in [0.25, 0.3) is 11.0 Å². The highest BCUT2D eigenvalue weighted by molar-refractivity contribution is 6.06. The topological polar surface area (TPSA) is 93.2 Å². The van der Waals surface area contributed by atoms with Gasteiger partial charge in [0.05, 0.1) is 22.4 Å². The van der Waals surface area contributed by atoms with E-state index in [0.717, 1.165) is 23.3 Å². The van der Waals surface area contributed by atoms with Crippen LogP contribution in [0.15, 0.2) is 42.5 Å². The number of anilines is 1. The van der Waals surface area contributed by atoms with Crippen molar-refractivity contribution >= 4 is 28.5 Å². The van der Waals surface area contributed by atoms with Crippen LogP contribution in [0.3, 0.4) is 0 Å². The van der Waals surface area contributed by atoms with Gasteiger partial charge < -0.3 is 15.4 Å². The average molecular weight is 406 g/mol. The number of hydrogen-bond donors (Lipinski definition) is 2. The van der Waals surface area contributed by atoms with E-state index < -0.39 is 0 Å². The van der Waals surface area contributed by atoms with Crippen LogP contribution >= 0.6 is 0 Å². The second-order valence-electron chi connectivity index (χ2n) is 6.94. The lowest BCUT2D eigenvalue weighted by molar-refractivity contribution is 0.0943. The summed E-state index contributed by atoms with van der Waals surface area (Å²) in [6.07, 6.45) is 0.750. The van der Waals surface area contributed by atoms with E-state index in [1.807, 2.05) is 20.8 Å². The van der Waals surface area contributed by atoms with E-state index in [2.05, 4.69) is 20.6 Å². The summed E-state index contributed by atoms with van der Waals surface area (Å²) < 4.78 is 5.26. The lowest BCUT2D eigenvalue weighted by atomic mass is 10.1. The first-order chi connectivity index (χ1) is 14.5. The Balaban J connectivity index is 1.67. The first-order valence-electron chi connectivity index (χ1n) is 10.0. The summed E-state index contributed by atoms with van der Waals surface area (Å²) in [7, 11) is 0. The third-order valence-corrected chi connectivity index (χ3v) is 4.68. The SMILES string of the molecule is CCOCCCNC(=O)c1cccc(NC(=O)c2ccc3nc(C)c(C)nc3c2)c1. The van der Waals surface area contributed by atoms with E-state index in [-0.39, 0.29) is 11.8 Å². The van der Waals surface area contributed by atoms with Gasteiger partial charge in [-0.3, -0.25) is 9.59 Å². The number of ether oxygens (including phenoxy) is 1. The number of aromatic nitrogens is 2. The summed E-state index contributed by atoms with van der Waals surface area (Å²) in [4.78, 5) is 34.0. The van der Waals surface area contributed by atoms with Crippen LogP contribution in [0.2, 0.25) is 0 Å². The Kier molecular flexibility index (Phi) is 7.08. The molecule has 0 aliphatic rings. The number of amides is 2. The van der Waals surface area contributed by atoms with Crippen LogP contribution < -0.4 is 10.6 Å². The molecular formula is C23H26N4O3. The number of rotatable bonds is 8. The number of nitrogens with one attached hydrogen (secondary N) is 2. The van der Waals surface area contributed by atoms with Crippen LogP contribution in [0.5, 0.6) is 0 Å². The van der Waals surface area contributed by atoms with Gasteiger partial charge >= 0.3 is 0 Å². The fourth-order valence-corrected chi connectivity index (χ4v) is 2.94. The van der Waals surface area contributed by atoms with Crippen molar-refractivity contribution in [1.82, 2.24) is 15.3 Å². The largest absolute Gasteiger partial charge is 0.382 e. The molecule has 0 aliphatic carbocycles. The maximum absolute atomic E-state index is 12.7. The zero-order valence-corrected chi connectivity index (χ0v) is 17.5. The lowest BCUT2D eigenvalue weighted by Gasteiger charge is -2.09. The molecule has 0 radical (unpaired) electrons. The molecule has 2 N–H and O–H groups in total. The fourth-order valence-electron chi connectivity index (χ4n) is 2.94. The number of benzene rings is 2. The third kappa shape index (κ3) is 5.39. The summed E-state index contributed by atoms with van der Waals surface area (Å²) in [6, 6.07) is 12.1. The van der Waals surface area contributed by atoms with E-state index in [1.54, 1.807) is 42.5 Å².